The molecule has 1 atom stereocenters. The number of methoxy groups -OCH3 is 1. The molecule has 1 heterocycles. The Morgan fingerprint density at radius 2 is 2.53 bits per heavy atom. The molecule has 1 amide bonds. The van der Waals surface area contributed by atoms with Gasteiger partial charge < -0.3 is 15.2 Å². The van der Waals surface area contributed by atoms with Crippen molar-refractivity contribution >= 4 is 23.3 Å². The molecule has 0 aliphatic heterocycles. The second kappa shape index (κ2) is 8.00. The number of carbonyl (C=O) groups is 1. The largest absolute Gasteiger partial charge is 0.396 e. The van der Waals surface area contributed by atoms with Crippen LogP contribution in [-0.4, -0.2) is 37.4 Å². The third kappa shape index (κ3) is 5.63. The molecule has 0 aromatic carbocycles. The SMILES string of the molecule is COCC(CCO)NC(=O)/C=C/c1cccs1. The van der Waals surface area contributed by atoms with Crippen LogP contribution in [0.4, 0.5) is 0 Å². The number of ether oxygens (including phenoxy) is 1. The van der Waals surface area contributed by atoms with Crippen molar-refractivity contribution < 1.29 is 14.6 Å². The molecule has 1 rings (SSSR count). The van der Waals surface area contributed by atoms with Gasteiger partial charge in [0, 0.05) is 24.7 Å². The van der Waals surface area contributed by atoms with Gasteiger partial charge in [0.25, 0.3) is 0 Å². The number of nitrogens with one attached hydrogen (secondary N) is 1. The monoisotopic (exact) mass is 255 g/mol. The van der Waals surface area contributed by atoms with E-state index in [4.69, 9.17) is 9.84 Å². The summed E-state index contributed by atoms with van der Waals surface area (Å²) in [4.78, 5) is 12.6. The summed E-state index contributed by atoms with van der Waals surface area (Å²) in [6.45, 7) is 0.433. The van der Waals surface area contributed by atoms with Crippen LogP contribution in [0, 0.1) is 0 Å². The van der Waals surface area contributed by atoms with Gasteiger partial charge in [-0.05, 0) is 23.9 Å². The minimum Gasteiger partial charge on any atom is -0.396 e. The zero-order chi connectivity index (χ0) is 12.5. The Balaban J connectivity index is 2.41. The zero-order valence-corrected chi connectivity index (χ0v) is 10.6. The number of hydrogen-bond donors (Lipinski definition) is 2. The highest BCUT2D eigenvalue weighted by molar-refractivity contribution is 7.10. The first-order chi connectivity index (χ1) is 8.26. The van der Waals surface area contributed by atoms with Gasteiger partial charge in [0.15, 0.2) is 0 Å². The van der Waals surface area contributed by atoms with Crippen LogP contribution >= 0.6 is 11.3 Å². The molecule has 0 radical (unpaired) electrons. The van der Waals surface area contributed by atoms with E-state index in [1.807, 2.05) is 17.5 Å². The Labute approximate surface area is 105 Å². The standard InChI is InChI=1S/C12H17NO3S/c1-16-9-10(6-7-14)13-12(15)5-4-11-3-2-8-17-11/h2-5,8,10,14H,6-7,9H2,1H3,(H,13,15)/b5-4+. The second-order valence-electron chi connectivity index (χ2n) is 3.52. The smallest absolute Gasteiger partial charge is 0.244 e. The lowest BCUT2D eigenvalue weighted by atomic mass is 10.2. The van der Waals surface area contributed by atoms with Crippen LogP contribution in [0.25, 0.3) is 6.08 Å². The number of thiophene rings is 1. The van der Waals surface area contributed by atoms with E-state index in [-0.39, 0.29) is 18.6 Å². The molecule has 17 heavy (non-hydrogen) atoms. The second-order valence-corrected chi connectivity index (χ2v) is 4.50. The number of hydrogen-bond acceptors (Lipinski definition) is 4. The van der Waals surface area contributed by atoms with Gasteiger partial charge in [-0.2, -0.15) is 0 Å². The predicted octanol–water partition coefficient (Wildman–Crippen LogP) is 1.27. The molecule has 1 aromatic rings. The van der Waals surface area contributed by atoms with Gasteiger partial charge in [-0.1, -0.05) is 6.07 Å². The lowest BCUT2D eigenvalue weighted by Gasteiger charge is -2.15. The van der Waals surface area contributed by atoms with Crippen molar-refractivity contribution in [2.45, 2.75) is 12.5 Å². The topological polar surface area (TPSA) is 58.6 Å². The van der Waals surface area contributed by atoms with E-state index in [0.29, 0.717) is 13.0 Å². The molecule has 0 saturated heterocycles. The molecule has 0 aliphatic rings. The lowest BCUT2D eigenvalue weighted by molar-refractivity contribution is -0.117. The summed E-state index contributed by atoms with van der Waals surface area (Å²) in [5.41, 5.74) is 0. The summed E-state index contributed by atoms with van der Waals surface area (Å²) < 4.78 is 4.96. The minimum atomic E-state index is -0.172. The van der Waals surface area contributed by atoms with E-state index in [1.54, 1.807) is 24.5 Å². The minimum absolute atomic E-state index is 0.0307. The molecule has 2 N–H and O–H groups in total. The van der Waals surface area contributed by atoms with Gasteiger partial charge in [0.1, 0.15) is 0 Å². The Kier molecular flexibility index (Phi) is 6.54. The molecular weight excluding hydrogens is 238 g/mol. The van der Waals surface area contributed by atoms with Crippen molar-refractivity contribution in [2.24, 2.45) is 0 Å². The van der Waals surface area contributed by atoms with Gasteiger partial charge in [0.2, 0.25) is 5.91 Å². The molecular formula is C12H17NO3S. The maximum absolute atomic E-state index is 11.6. The Hall–Kier alpha value is -1.17. The first kappa shape index (κ1) is 13.9. The van der Waals surface area contributed by atoms with Crippen LogP contribution in [0.2, 0.25) is 0 Å². The average Bonchev–Trinajstić information content (AvgIpc) is 2.80. The molecule has 0 fully saturated rings. The molecule has 0 bridgehead atoms. The Morgan fingerprint density at radius 1 is 1.71 bits per heavy atom. The summed E-state index contributed by atoms with van der Waals surface area (Å²) in [6.07, 6.45) is 3.75. The highest BCUT2D eigenvalue weighted by Gasteiger charge is 2.09. The van der Waals surface area contributed by atoms with E-state index in [2.05, 4.69) is 5.32 Å². The summed E-state index contributed by atoms with van der Waals surface area (Å²) in [7, 11) is 1.57. The van der Waals surface area contributed by atoms with Crippen LogP contribution < -0.4 is 5.32 Å². The number of amides is 1. The summed E-state index contributed by atoms with van der Waals surface area (Å²) in [5.74, 6) is -0.172. The quantitative estimate of drug-likeness (QED) is 0.721. The Morgan fingerprint density at radius 3 is 3.12 bits per heavy atom. The normalized spacial score (nSPS) is 12.8. The number of aliphatic hydroxyl groups is 1. The predicted molar refractivity (Wildman–Crippen MR) is 68.9 cm³/mol. The third-order valence-electron chi connectivity index (χ3n) is 2.13. The van der Waals surface area contributed by atoms with Crippen molar-refractivity contribution in [3.8, 4) is 0 Å². The number of rotatable bonds is 7. The van der Waals surface area contributed by atoms with Crippen LogP contribution in [0.5, 0.6) is 0 Å². The van der Waals surface area contributed by atoms with Crippen LogP contribution in [0.1, 0.15) is 11.3 Å². The van der Waals surface area contributed by atoms with Crippen LogP contribution in [0.3, 0.4) is 0 Å². The fourth-order valence-electron chi connectivity index (χ4n) is 1.35. The molecule has 4 nitrogen and oxygen atoms in total. The van der Waals surface area contributed by atoms with Crippen molar-refractivity contribution in [1.29, 1.82) is 0 Å². The molecule has 0 spiro atoms. The first-order valence-electron chi connectivity index (χ1n) is 5.38. The van der Waals surface area contributed by atoms with E-state index in [1.165, 1.54) is 6.08 Å². The zero-order valence-electron chi connectivity index (χ0n) is 9.76. The van der Waals surface area contributed by atoms with Crippen molar-refractivity contribution in [2.75, 3.05) is 20.3 Å². The van der Waals surface area contributed by atoms with Gasteiger partial charge >= 0.3 is 0 Å². The van der Waals surface area contributed by atoms with Gasteiger partial charge in [0.05, 0.1) is 12.6 Å². The maximum Gasteiger partial charge on any atom is 0.244 e. The fraction of sp³-hybridized carbons (Fsp3) is 0.417. The van der Waals surface area contributed by atoms with Gasteiger partial charge in [-0.25, -0.2) is 0 Å². The number of carbonyl (C=O) groups excluding carboxylic acids is 1. The summed E-state index contributed by atoms with van der Waals surface area (Å²) in [5, 5.41) is 13.6. The van der Waals surface area contributed by atoms with E-state index >= 15 is 0 Å². The van der Waals surface area contributed by atoms with E-state index < -0.39 is 0 Å². The molecule has 5 heteroatoms. The summed E-state index contributed by atoms with van der Waals surface area (Å²) >= 11 is 1.57. The molecule has 0 saturated carbocycles. The highest BCUT2D eigenvalue weighted by atomic mass is 32.1. The van der Waals surface area contributed by atoms with Crippen molar-refractivity contribution in [1.82, 2.24) is 5.32 Å². The van der Waals surface area contributed by atoms with E-state index in [0.717, 1.165) is 4.88 Å². The van der Waals surface area contributed by atoms with Crippen molar-refractivity contribution in [3.63, 3.8) is 0 Å². The molecule has 1 aromatic heterocycles. The first-order valence-corrected chi connectivity index (χ1v) is 6.26. The van der Waals surface area contributed by atoms with Crippen LogP contribution in [-0.2, 0) is 9.53 Å². The highest BCUT2D eigenvalue weighted by Crippen LogP contribution is 2.09. The lowest BCUT2D eigenvalue weighted by Crippen LogP contribution is -2.37. The molecule has 0 aliphatic carbocycles. The molecule has 1 unspecified atom stereocenters. The maximum atomic E-state index is 11.6. The number of aliphatic hydroxyl groups excluding tert-OH is 1. The van der Waals surface area contributed by atoms with Gasteiger partial charge in [-0.15, -0.1) is 11.3 Å². The van der Waals surface area contributed by atoms with Crippen LogP contribution in [0.15, 0.2) is 23.6 Å². The molecule has 94 valence electrons. The Bertz CT molecular complexity index is 343. The third-order valence-corrected chi connectivity index (χ3v) is 2.97. The summed E-state index contributed by atoms with van der Waals surface area (Å²) in [6, 6.07) is 3.72. The average molecular weight is 255 g/mol. The van der Waals surface area contributed by atoms with Crippen molar-refractivity contribution in [3.05, 3.63) is 28.5 Å². The van der Waals surface area contributed by atoms with E-state index in [9.17, 15) is 4.79 Å². The fourth-order valence-corrected chi connectivity index (χ4v) is 1.97. The van der Waals surface area contributed by atoms with Gasteiger partial charge in [-0.3, -0.25) is 4.79 Å².